The van der Waals surface area contributed by atoms with Crippen LogP contribution in [0.4, 0.5) is 10.1 Å². The van der Waals surface area contributed by atoms with Gasteiger partial charge in [0.1, 0.15) is 5.82 Å². The maximum Gasteiger partial charge on any atom is 0.240 e. The average molecular weight is 434 g/mol. The molecule has 160 valence electrons. The first-order valence-corrected chi connectivity index (χ1v) is 11.2. The van der Waals surface area contributed by atoms with Gasteiger partial charge in [-0.05, 0) is 49.2 Å². The molecule has 3 rings (SSSR count). The number of hydrogen-bond acceptors (Lipinski definition) is 4. The van der Waals surface area contributed by atoms with Gasteiger partial charge in [-0.1, -0.05) is 18.2 Å². The second kappa shape index (κ2) is 9.82. The Labute approximate surface area is 175 Å². The number of carbonyl (C=O) groups excluding carboxylic acids is 2. The minimum absolute atomic E-state index is 0.0152. The first-order valence-electron chi connectivity index (χ1n) is 9.74. The van der Waals surface area contributed by atoms with Crippen LogP contribution in [0, 0.1) is 11.7 Å². The van der Waals surface area contributed by atoms with Crippen molar-refractivity contribution in [3.63, 3.8) is 0 Å². The zero-order valence-electron chi connectivity index (χ0n) is 16.4. The maximum absolute atomic E-state index is 12.9. The number of nitrogens with one attached hydrogen (secondary N) is 2. The van der Waals surface area contributed by atoms with Gasteiger partial charge in [-0.2, -0.15) is 0 Å². The molecule has 1 aliphatic heterocycles. The van der Waals surface area contributed by atoms with E-state index in [1.165, 1.54) is 12.1 Å². The number of nitrogens with zero attached hydrogens (tertiary/aromatic N) is 1. The highest BCUT2D eigenvalue weighted by molar-refractivity contribution is 7.89. The second-order valence-corrected chi connectivity index (χ2v) is 8.88. The number of sulfonamides is 1. The van der Waals surface area contributed by atoms with Crippen LogP contribution in [-0.2, 0) is 19.6 Å². The van der Waals surface area contributed by atoms with Crippen LogP contribution in [0.3, 0.4) is 0 Å². The van der Waals surface area contributed by atoms with Crippen molar-refractivity contribution < 1.29 is 22.4 Å². The van der Waals surface area contributed by atoms with Crippen LogP contribution >= 0.6 is 0 Å². The molecule has 2 N–H and O–H groups in total. The highest BCUT2D eigenvalue weighted by Gasteiger charge is 2.27. The number of likely N-dealkylation sites (tertiary alicyclic amines) is 1. The van der Waals surface area contributed by atoms with Crippen molar-refractivity contribution in [2.75, 3.05) is 25.0 Å². The summed E-state index contributed by atoms with van der Waals surface area (Å²) in [6.45, 7) is 0.861. The van der Waals surface area contributed by atoms with Crippen molar-refractivity contribution in [2.24, 2.45) is 5.92 Å². The second-order valence-electron chi connectivity index (χ2n) is 7.11. The van der Waals surface area contributed by atoms with E-state index >= 15 is 0 Å². The number of halogens is 1. The first-order chi connectivity index (χ1) is 14.3. The zero-order chi connectivity index (χ0) is 21.6. The molecule has 2 aromatic rings. The van der Waals surface area contributed by atoms with Crippen LogP contribution in [-0.4, -0.2) is 44.8 Å². The van der Waals surface area contributed by atoms with Gasteiger partial charge < -0.3 is 10.2 Å². The number of carbonyl (C=O) groups is 2. The van der Waals surface area contributed by atoms with Crippen molar-refractivity contribution in [1.29, 1.82) is 0 Å². The number of hydrogen-bond donors (Lipinski definition) is 2. The summed E-state index contributed by atoms with van der Waals surface area (Å²) in [5, 5.41) is 2.88. The predicted molar refractivity (Wildman–Crippen MR) is 111 cm³/mol. The SMILES string of the molecule is O=C(Nc1ccccc1)C1CCN(C(=O)CCNS(=O)(=O)c2ccc(F)cc2)CC1. The molecule has 0 spiro atoms. The number of benzene rings is 2. The summed E-state index contributed by atoms with van der Waals surface area (Å²) < 4.78 is 39.6. The van der Waals surface area contributed by atoms with Crippen molar-refractivity contribution in [2.45, 2.75) is 24.2 Å². The van der Waals surface area contributed by atoms with E-state index in [1.54, 1.807) is 4.90 Å². The predicted octanol–water partition coefficient (Wildman–Crippen LogP) is 2.37. The highest BCUT2D eigenvalue weighted by atomic mass is 32.2. The van der Waals surface area contributed by atoms with Crippen LogP contribution < -0.4 is 10.0 Å². The lowest BCUT2D eigenvalue weighted by Crippen LogP contribution is -2.42. The fourth-order valence-corrected chi connectivity index (χ4v) is 4.34. The molecule has 0 saturated carbocycles. The van der Waals surface area contributed by atoms with Crippen LogP contribution in [0.2, 0.25) is 0 Å². The van der Waals surface area contributed by atoms with Gasteiger partial charge in [0, 0.05) is 37.7 Å². The fourth-order valence-electron chi connectivity index (χ4n) is 3.30. The molecule has 1 aliphatic rings. The third-order valence-electron chi connectivity index (χ3n) is 5.01. The molecule has 2 amide bonds. The van der Waals surface area contributed by atoms with Gasteiger partial charge in [-0.15, -0.1) is 0 Å². The van der Waals surface area contributed by atoms with Crippen LogP contribution in [0.15, 0.2) is 59.5 Å². The van der Waals surface area contributed by atoms with Crippen molar-refractivity contribution in [1.82, 2.24) is 9.62 Å². The summed E-state index contributed by atoms with van der Waals surface area (Å²) in [5.41, 5.74) is 0.745. The quantitative estimate of drug-likeness (QED) is 0.701. The minimum atomic E-state index is -3.79. The Hall–Kier alpha value is -2.78. The molecular formula is C21H24FN3O4S. The van der Waals surface area contributed by atoms with Gasteiger partial charge in [-0.3, -0.25) is 9.59 Å². The number of para-hydroxylation sites is 1. The Morgan fingerprint density at radius 2 is 1.63 bits per heavy atom. The zero-order valence-corrected chi connectivity index (χ0v) is 17.2. The number of piperidine rings is 1. The fraction of sp³-hybridized carbons (Fsp3) is 0.333. The standard InChI is InChI=1S/C21H24FN3O4S/c22-17-6-8-19(9-7-17)30(28,29)23-13-10-20(26)25-14-11-16(12-15-25)21(27)24-18-4-2-1-3-5-18/h1-9,16,23H,10-15H2,(H,24,27). The summed E-state index contributed by atoms with van der Waals surface area (Å²) >= 11 is 0. The van der Waals surface area contributed by atoms with Gasteiger partial charge in [0.25, 0.3) is 0 Å². The third-order valence-corrected chi connectivity index (χ3v) is 6.49. The maximum atomic E-state index is 12.9. The smallest absolute Gasteiger partial charge is 0.240 e. The van der Waals surface area contributed by atoms with Crippen molar-refractivity contribution >= 4 is 27.5 Å². The number of rotatable bonds is 7. The first kappa shape index (κ1) is 21.9. The molecule has 0 atom stereocenters. The molecule has 0 radical (unpaired) electrons. The van der Waals surface area contributed by atoms with Gasteiger partial charge in [0.15, 0.2) is 0 Å². The van der Waals surface area contributed by atoms with Crippen LogP contribution in [0.5, 0.6) is 0 Å². The molecule has 0 unspecified atom stereocenters. The summed E-state index contributed by atoms with van der Waals surface area (Å²) in [6, 6.07) is 13.7. The molecule has 1 heterocycles. The summed E-state index contributed by atoms with van der Waals surface area (Å²) in [4.78, 5) is 26.3. The van der Waals surface area contributed by atoms with Gasteiger partial charge in [0.2, 0.25) is 21.8 Å². The van der Waals surface area contributed by atoms with Crippen LogP contribution in [0.1, 0.15) is 19.3 Å². The minimum Gasteiger partial charge on any atom is -0.343 e. The summed E-state index contributed by atoms with van der Waals surface area (Å²) in [7, 11) is -3.79. The average Bonchev–Trinajstić information content (AvgIpc) is 2.74. The van der Waals surface area contributed by atoms with E-state index < -0.39 is 15.8 Å². The van der Waals surface area contributed by atoms with E-state index in [0.717, 1.165) is 17.8 Å². The van der Waals surface area contributed by atoms with E-state index in [-0.39, 0.29) is 35.6 Å². The van der Waals surface area contributed by atoms with E-state index in [1.807, 2.05) is 30.3 Å². The lowest BCUT2D eigenvalue weighted by Gasteiger charge is -2.31. The Morgan fingerprint density at radius 3 is 2.27 bits per heavy atom. The largest absolute Gasteiger partial charge is 0.343 e. The number of anilines is 1. The molecule has 7 nitrogen and oxygen atoms in total. The molecule has 1 fully saturated rings. The lowest BCUT2D eigenvalue weighted by molar-refractivity contribution is -0.134. The van der Waals surface area contributed by atoms with E-state index in [0.29, 0.717) is 25.9 Å². The third kappa shape index (κ3) is 5.87. The summed E-state index contributed by atoms with van der Waals surface area (Å²) in [5.74, 6) is -0.907. The Morgan fingerprint density at radius 1 is 1.00 bits per heavy atom. The molecular weight excluding hydrogens is 409 g/mol. The Bertz CT molecular complexity index is 973. The lowest BCUT2D eigenvalue weighted by atomic mass is 9.95. The van der Waals surface area contributed by atoms with Gasteiger partial charge in [-0.25, -0.2) is 17.5 Å². The van der Waals surface area contributed by atoms with E-state index in [4.69, 9.17) is 0 Å². The van der Waals surface area contributed by atoms with E-state index in [2.05, 4.69) is 10.0 Å². The molecule has 9 heteroatoms. The highest BCUT2D eigenvalue weighted by Crippen LogP contribution is 2.20. The van der Waals surface area contributed by atoms with Gasteiger partial charge >= 0.3 is 0 Å². The molecule has 30 heavy (non-hydrogen) atoms. The summed E-state index contributed by atoms with van der Waals surface area (Å²) in [6.07, 6.45) is 1.14. The van der Waals surface area contributed by atoms with Gasteiger partial charge in [0.05, 0.1) is 4.90 Å². The molecule has 2 aromatic carbocycles. The molecule has 0 aliphatic carbocycles. The Kier molecular flexibility index (Phi) is 7.17. The molecule has 0 aromatic heterocycles. The Balaban J connectivity index is 1.42. The molecule has 0 bridgehead atoms. The number of amides is 2. The topological polar surface area (TPSA) is 95.6 Å². The van der Waals surface area contributed by atoms with Crippen molar-refractivity contribution in [3.05, 3.63) is 60.4 Å². The normalized spacial score (nSPS) is 15.0. The monoisotopic (exact) mass is 433 g/mol. The van der Waals surface area contributed by atoms with E-state index in [9.17, 15) is 22.4 Å². The van der Waals surface area contributed by atoms with Crippen molar-refractivity contribution in [3.8, 4) is 0 Å². The molecule has 1 saturated heterocycles. The van der Waals surface area contributed by atoms with Crippen LogP contribution in [0.25, 0.3) is 0 Å².